The lowest BCUT2D eigenvalue weighted by atomic mass is 10.0. The Morgan fingerprint density at radius 1 is 0.811 bits per heavy atom. The fraction of sp³-hybridized carbons (Fsp3) is 0.522. The molecular formula is C23H35N5O9. The van der Waals surface area contributed by atoms with Crippen molar-refractivity contribution in [2.24, 2.45) is 11.5 Å². The molecule has 4 atom stereocenters. The molecule has 11 N–H and O–H groups in total. The van der Waals surface area contributed by atoms with Crippen LogP contribution >= 0.6 is 0 Å². The van der Waals surface area contributed by atoms with Crippen molar-refractivity contribution in [2.75, 3.05) is 13.2 Å². The van der Waals surface area contributed by atoms with Crippen LogP contribution in [0.2, 0.25) is 0 Å². The van der Waals surface area contributed by atoms with Crippen LogP contribution in [0.25, 0.3) is 0 Å². The van der Waals surface area contributed by atoms with E-state index in [-0.39, 0.29) is 18.6 Å². The summed E-state index contributed by atoms with van der Waals surface area (Å²) in [5.41, 5.74) is 11.7. The average Bonchev–Trinajstić information content (AvgIpc) is 2.85. The second-order valence-corrected chi connectivity index (χ2v) is 8.40. The zero-order valence-corrected chi connectivity index (χ0v) is 20.3. The molecule has 0 heterocycles. The van der Waals surface area contributed by atoms with Crippen LogP contribution in [-0.4, -0.2) is 87.4 Å². The third-order valence-electron chi connectivity index (χ3n) is 5.39. The minimum absolute atomic E-state index is 0.0295. The minimum Gasteiger partial charge on any atom is -0.508 e. The molecule has 4 unspecified atom stereocenters. The third kappa shape index (κ3) is 11.7. The molecule has 0 spiro atoms. The number of aromatic hydroxyl groups is 1. The van der Waals surface area contributed by atoms with Crippen LogP contribution in [0.1, 0.15) is 37.7 Å². The number of carboxylic acids is 2. The summed E-state index contributed by atoms with van der Waals surface area (Å²) in [5, 5.41) is 44.3. The molecule has 0 aromatic heterocycles. The summed E-state index contributed by atoms with van der Waals surface area (Å²) in [4.78, 5) is 60.5. The second kappa shape index (κ2) is 16.1. The van der Waals surface area contributed by atoms with Crippen LogP contribution in [0.5, 0.6) is 5.75 Å². The van der Waals surface area contributed by atoms with Crippen molar-refractivity contribution in [3.8, 4) is 5.75 Å². The van der Waals surface area contributed by atoms with Crippen molar-refractivity contribution in [1.82, 2.24) is 16.0 Å². The topological polar surface area (TPSA) is 254 Å². The van der Waals surface area contributed by atoms with Gasteiger partial charge in [0.1, 0.15) is 23.9 Å². The fourth-order valence-electron chi connectivity index (χ4n) is 3.26. The van der Waals surface area contributed by atoms with Gasteiger partial charge in [0.25, 0.3) is 0 Å². The summed E-state index contributed by atoms with van der Waals surface area (Å²) in [6.45, 7) is -0.410. The predicted molar refractivity (Wildman–Crippen MR) is 130 cm³/mol. The molecule has 14 nitrogen and oxygen atoms in total. The SMILES string of the molecule is NCCCCC(N)C(=O)NC(CO)C(=O)NC(CCC(=O)O)C(=O)NC(Cc1ccc(O)cc1)C(=O)O. The maximum Gasteiger partial charge on any atom is 0.326 e. The van der Waals surface area contributed by atoms with E-state index >= 15 is 0 Å². The summed E-state index contributed by atoms with van der Waals surface area (Å²) in [5.74, 6) is -5.34. The van der Waals surface area contributed by atoms with E-state index in [0.717, 1.165) is 0 Å². The van der Waals surface area contributed by atoms with Crippen LogP contribution in [0, 0.1) is 0 Å². The number of aliphatic hydroxyl groups is 1. The number of hydrogen-bond acceptors (Lipinski definition) is 9. The third-order valence-corrected chi connectivity index (χ3v) is 5.39. The van der Waals surface area contributed by atoms with E-state index in [4.69, 9.17) is 16.6 Å². The van der Waals surface area contributed by atoms with Crippen LogP contribution in [0.15, 0.2) is 24.3 Å². The Balaban J connectivity index is 2.90. The van der Waals surface area contributed by atoms with Gasteiger partial charge in [-0.1, -0.05) is 18.6 Å². The number of aliphatic hydroxyl groups excluding tert-OH is 1. The van der Waals surface area contributed by atoms with E-state index in [9.17, 15) is 39.3 Å². The first kappa shape index (κ1) is 31.3. The van der Waals surface area contributed by atoms with Gasteiger partial charge in [-0.25, -0.2) is 4.79 Å². The van der Waals surface area contributed by atoms with Crippen LogP contribution in [0.4, 0.5) is 0 Å². The Labute approximate surface area is 213 Å². The van der Waals surface area contributed by atoms with Gasteiger partial charge in [0.05, 0.1) is 12.6 Å². The van der Waals surface area contributed by atoms with E-state index in [2.05, 4.69) is 16.0 Å². The first-order valence-corrected chi connectivity index (χ1v) is 11.7. The molecule has 14 heteroatoms. The Hall–Kier alpha value is -3.75. The number of carbonyl (C=O) groups excluding carboxylic acids is 3. The molecule has 0 saturated heterocycles. The summed E-state index contributed by atoms with van der Waals surface area (Å²) >= 11 is 0. The van der Waals surface area contributed by atoms with Crippen LogP contribution in [-0.2, 0) is 30.4 Å². The number of unbranched alkanes of at least 4 members (excludes halogenated alkanes) is 1. The maximum absolute atomic E-state index is 12.8. The quantitative estimate of drug-likeness (QED) is 0.0985. The van der Waals surface area contributed by atoms with Crippen molar-refractivity contribution in [3.63, 3.8) is 0 Å². The van der Waals surface area contributed by atoms with E-state index in [0.29, 0.717) is 31.4 Å². The molecule has 206 valence electrons. The van der Waals surface area contributed by atoms with E-state index in [1.807, 2.05) is 0 Å². The first-order valence-electron chi connectivity index (χ1n) is 11.7. The Kier molecular flexibility index (Phi) is 13.6. The monoisotopic (exact) mass is 525 g/mol. The molecule has 37 heavy (non-hydrogen) atoms. The summed E-state index contributed by atoms with van der Waals surface area (Å²) in [6.07, 6.45) is 0.449. The Morgan fingerprint density at radius 3 is 1.92 bits per heavy atom. The van der Waals surface area contributed by atoms with Gasteiger partial charge in [-0.3, -0.25) is 19.2 Å². The second-order valence-electron chi connectivity index (χ2n) is 8.40. The van der Waals surface area contributed by atoms with Crippen molar-refractivity contribution >= 4 is 29.7 Å². The smallest absolute Gasteiger partial charge is 0.326 e. The highest BCUT2D eigenvalue weighted by atomic mass is 16.4. The number of carbonyl (C=O) groups is 5. The molecule has 1 aromatic rings. The molecule has 0 saturated carbocycles. The van der Waals surface area contributed by atoms with Gasteiger partial charge in [-0.15, -0.1) is 0 Å². The predicted octanol–water partition coefficient (Wildman–Crippen LogP) is -2.21. The molecule has 0 aliphatic carbocycles. The number of aliphatic carboxylic acids is 2. The Morgan fingerprint density at radius 2 is 1.38 bits per heavy atom. The summed E-state index contributed by atoms with van der Waals surface area (Å²) in [6, 6.07) is 0.276. The number of phenols is 1. The standard InChI is InChI=1S/C23H35N5O9/c24-10-2-1-3-15(25)20(33)28-18(12-29)22(35)26-16(8-9-19(31)32)21(34)27-17(23(36)37)11-13-4-6-14(30)7-5-13/h4-7,15-18,29-30H,1-3,8-12,24-25H2,(H,26,35)(H,27,34)(H,28,33)(H,31,32)(H,36,37). The normalized spacial score (nSPS) is 14.0. The lowest BCUT2D eigenvalue weighted by molar-refractivity contribution is -0.143. The van der Waals surface area contributed by atoms with Crippen LogP contribution < -0.4 is 27.4 Å². The highest BCUT2D eigenvalue weighted by molar-refractivity contribution is 5.94. The van der Waals surface area contributed by atoms with Crippen molar-refractivity contribution < 1.29 is 44.4 Å². The van der Waals surface area contributed by atoms with Gasteiger partial charge >= 0.3 is 11.9 Å². The molecule has 0 aliphatic heterocycles. The number of nitrogens with one attached hydrogen (secondary N) is 3. The first-order chi connectivity index (χ1) is 17.5. The Bertz CT molecular complexity index is 926. The molecule has 1 aromatic carbocycles. The van der Waals surface area contributed by atoms with Gasteiger partial charge in [-0.2, -0.15) is 0 Å². The van der Waals surface area contributed by atoms with Gasteiger partial charge in [0.2, 0.25) is 17.7 Å². The molecule has 0 radical (unpaired) electrons. The highest BCUT2D eigenvalue weighted by Gasteiger charge is 2.30. The number of rotatable bonds is 17. The van der Waals surface area contributed by atoms with E-state index in [1.54, 1.807) is 0 Å². The number of carboxylic acid groups (broad SMARTS) is 2. The number of benzene rings is 1. The minimum atomic E-state index is -1.49. The van der Waals surface area contributed by atoms with E-state index < -0.39 is 66.9 Å². The van der Waals surface area contributed by atoms with Gasteiger partial charge in [0.15, 0.2) is 0 Å². The molecular weight excluding hydrogens is 490 g/mol. The molecule has 0 aliphatic rings. The van der Waals surface area contributed by atoms with Crippen LogP contribution in [0.3, 0.4) is 0 Å². The van der Waals surface area contributed by atoms with E-state index in [1.165, 1.54) is 24.3 Å². The fourth-order valence-corrected chi connectivity index (χ4v) is 3.26. The zero-order valence-electron chi connectivity index (χ0n) is 20.3. The lowest BCUT2D eigenvalue weighted by Gasteiger charge is -2.24. The molecule has 0 fully saturated rings. The highest BCUT2D eigenvalue weighted by Crippen LogP contribution is 2.12. The number of hydrogen-bond donors (Lipinski definition) is 9. The van der Waals surface area contributed by atoms with Gasteiger partial charge in [-0.05, 0) is 43.5 Å². The average molecular weight is 526 g/mol. The maximum atomic E-state index is 12.8. The van der Waals surface area contributed by atoms with Crippen molar-refractivity contribution in [1.29, 1.82) is 0 Å². The molecule has 1 rings (SSSR count). The zero-order chi connectivity index (χ0) is 28.0. The number of amides is 3. The van der Waals surface area contributed by atoms with Gasteiger partial charge in [0, 0.05) is 12.8 Å². The largest absolute Gasteiger partial charge is 0.508 e. The van der Waals surface area contributed by atoms with Crippen molar-refractivity contribution in [2.45, 2.75) is 62.7 Å². The summed E-state index contributed by atoms with van der Waals surface area (Å²) < 4.78 is 0. The summed E-state index contributed by atoms with van der Waals surface area (Å²) in [7, 11) is 0. The number of nitrogens with two attached hydrogens (primary N) is 2. The molecule has 3 amide bonds. The van der Waals surface area contributed by atoms with Crippen molar-refractivity contribution in [3.05, 3.63) is 29.8 Å². The molecule has 0 bridgehead atoms. The lowest BCUT2D eigenvalue weighted by Crippen LogP contribution is -2.58. The number of phenolic OH excluding ortho intramolecular Hbond substituents is 1. The van der Waals surface area contributed by atoms with Gasteiger partial charge < -0.3 is 47.8 Å².